The van der Waals surface area contributed by atoms with Gasteiger partial charge in [0.15, 0.2) is 0 Å². The Labute approximate surface area is 87.1 Å². The van der Waals surface area contributed by atoms with Gasteiger partial charge in [-0.2, -0.15) is 0 Å². The van der Waals surface area contributed by atoms with Gasteiger partial charge in [-0.05, 0) is 38.3 Å². The highest BCUT2D eigenvalue weighted by molar-refractivity contribution is 5.29. The summed E-state index contributed by atoms with van der Waals surface area (Å²) in [5.74, 6) is 0.566. The van der Waals surface area contributed by atoms with E-state index in [9.17, 15) is 0 Å². The van der Waals surface area contributed by atoms with Crippen molar-refractivity contribution in [3.63, 3.8) is 0 Å². The summed E-state index contributed by atoms with van der Waals surface area (Å²) in [4.78, 5) is 0. The van der Waals surface area contributed by atoms with Gasteiger partial charge in [0.1, 0.15) is 0 Å². The van der Waals surface area contributed by atoms with Crippen LogP contribution in [0.1, 0.15) is 56.6 Å². The molecule has 0 spiro atoms. The van der Waals surface area contributed by atoms with Crippen LogP contribution in [-0.4, -0.2) is 4.57 Å². The highest BCUT2D eigenvalue weighted by atomic mass is 15.0. The molecular formula is C12H22N2. The number of hydrogen-bond donors (Lipinski definition) is 1. The average Bonchev–Trinajstić information content (AvgIpc) is 2.42. The zero-order valence-electron chi connectivity index (χ0n) is 9.96. The zero-order valence-corrected chi connectivity index (χ0v) is 9.96. The molecule has 0 atom stereocenters. The van der Waals surface area contributed by atoms with Gasteiger partial charge in [-0.15, -0.1) is 0 Å². The first-order chi connectivity index (χ1) is 6.49. The molecule has 2 N–H and O–H groups in total. The maximum absolute atomic E-state index is 5.72. The molecule has 0 bridgehead atoms. The van der Waals surface area contributed by atoms with E-state index in [1.54, 1.807) is 0 Å². The molecule has 0 saturated heterocycles. The maximum atomic E-state index is 5.72. The van der Waals surface area contributed by atoms with E-state index in [0.29, 0.717) is 18.5 Å². The Bertz CT molecular complexity index is 308. The van der Waals surface area contributed by atoms with E-state index in [2.05, 4.69) is 45.3 Å². The van der Waals surface area contributed by atoms with Crippen molar-refractivity contribution in [3.8, 4) is 0 Å². The first-order valence-electron chi connectivity index (χ1n) is 5.39. The van der Waals surface area contributed by atoms with Crippen LogP contribution in [0.25, 0.3) is 0 Å². The van der Waals surface area contributed by atoms with Crippen molar-refractivity contribution in [2.75, 3.05) is 0 Å². The van der Waals surface area contributed by atoms with Crippen LogP contribution >= 0.6 is 0 Å². The van der Waals surface area contributed by atoms with Gasteiger partial charge in [0.25, 0.3) is 0 Å². The molecule has 0 radical (unpaired) electrons. The fourth-order valence-corrected chi connectivity index (χ4v) is 2.04. The molecule has 2 nitrogen and oxygen atoms in total. The van der Waals surface area contributed by atoms with Crippen LogP contribution in [0, 0.1) is 6.92 Å². The van der Waals surface area contributed by atoms with E-state index in [-0.39, 0.29) is 0 Å². The Hall–Kier alpha value is -0.760. The van der Waals surface area contributed by atoms with Crippen LogP contribution in [0.15, 0.2) is 6.07 Å². The Morgan fingerprint density at radius 1 is 1.29 bits per heavy atom. The Kier molecular flexibility index (Phi) is 3.38. The molecule has 1 heterocycles. The zero-order chi connectivity index (χ0) is 10.9. The minimum Gasteiger partial charge on any atom is -0.346 e. The third kappa shape index (κ3) is 1.85. The fraction of sp³-hybridized carbons (Fsp3) is 0.667. The molecular weight excluding hydrogens is 172 g/mol. The van der Waals surface area contributed by atoms with Crippen molar-refractivity contribution in [2.24, 2.45) is 5.73 Å². The minimum absolute atomic E-state index is 0.521. The standard InChI is InChI=1S/C12H22N2/c1-8(2)12-6-11(7-13)10(5)14(12)9(3)4/h6,8-9H,7,13H2,1-5H3. The topological polar surface area (TPSA) is 30.9 Å². The van der Waals surface area contributed by atoms with Gasteiger partial charge in [0.05, 0.1) is 0 Å². The summed E-state index contributed by atoms with van der Waals surface area (Å²) in [6.45, 7) is 11.7. The Morgan fingerprint density at radius 3 is 2.14 bits per heavy atom. The molecule has 2 heteroatoms. The highest BCUT2D eigenvalue weighted by Gasteiger charge is 2.14. The third-order valence-electron chi connectivity index (χ3n) is 2.75. The van der Waals surface area contributed by atoms with Crippen molar-refractivity contribution < 1.29 is 0 Å². The van der Waals surface area contributed by atoms with Gasteiger partial charge in [-0.25, -0.2) is 0 Å². The van der Waals surface area contributed by atoms with Crippen LogP contribution < -0.4 is 5.73 Å². The minimum atomic E-state index is 0.521. The van der Waals surface area contributed by atoms with Crippen LogP contribution in [0.2, 0.25) is 0 Å². The molecule has 0 amide bonds. The molecule has 1 aromatic rings. The van der Waals surface area contributed by atoms with E-state index >= 15 is 0 Å². The predicted molar refractivity (Wildman–Crippen MR) is 61.5 cm³/mol. The number of rotatable bonds is 3. The van der Waals surface area contributed by atoms with Crippen molar-refractivity contribution in [3.05, 3.63) is 23.0 Å². The van der Waals surface area contributed by atoms with Gasteiger partial charge in [-0.1, -0.05) is 13.8 Å². The molecule has 0 aromatic carbocycles. The summed E-state index contributed by atoms with van der Waals surface area (Å²) in [6, 6.07) is 2.77. The third-order valence-corrected chi connectivity index (χ3v) is 2.75. The van der Waals surface area contributed by atoms with E-state index in [4.69, 9.17) is 5.73 Å². The summed E-state index contributed by atoms with van der Waals surface area (Å²) in [7, 11) is 0. The van der Waals surface area contributed by atoms with Gasteiger partial charge in [0.2, 0.25) is 0 Å². The lowest BCUT2D eigenvalue weighted by Crippen LogP contribution is -2.09. The molecule has 1 rings (SSSR count). The summed E-state index contributed by atoms with van der Waals surface area (Å²) >= 11 is 0. The second-order valence-electron chi connectivity index (χ2n) is 4.50. The van der Waals surface area contributed by atoms with Crippen molar-refractivity contribution in [1.29, 1.82) is 0 Å². The summed E-state index contributed by atoms with van der Waals surface area (Å²) in [5.41, 5.74) is 9.73. The SMILES string of the molecule is Cc1c(CN)cc(C(C)C)n1C(C)C. The molecule has 0 aliphatic carbocycles. The molecule has 0 fully saturated rings. The van der Waals surface area contributed by atoms with Gasteiger partial charge >= 0.3 is 0 Å². The van der Waals surface area contributed by atoms with Crippen LogP contribution in [0.3, 0.4) is 0 Å². The van der Waals surface area contributed by atoms with E-state index in [1.807, 2.05) is 0 Å². The van der Waals surface area contributed by atoms with Crippen molar-refractivity contribution >= 4 is 0 Å². The lowest BCUT2D eigenvalue weighted by molar-refractivity contribution is 0.547. The van der Waals surface area contributed by atoms with E-state index < -0.39 is 0 Å². The van der Waals surface area contributed by atoms with Crippen LogP contribution in [0.4, 0.5) is 0 Å². The second kappa shape index (κ2) is 4.18. The first kappa shape index (κ1) is 11.3. The quantitative estimate of drug-likeness (QED) is 0.788. The molecule has 1 aromatic heterocycles. The van der Waals surface area contributed by atoms with E-state index in [1.165, 1.54) is 17.0 Å². The summed E-state index contributed by atoms with van der Waals surface area (Å²) in [6.07, 6.45) is 0. The van der Waals surface area contributed by atoms with Gasteiger partial charge in [-0.3, -0.25) is 0 Å². The van der Waals surface area contributed by atoms with Crippen LogP contribution in [0.5, 0.6) is 0 Å². The Balaban J connectivity index is 3.27. The number of nitrogens with two attached hydrogens (primary N) is 1. The lowest BCUT2D eigenvalue weighted by Gasteiger charge is -2.17. The molecule has 80 valence electrons. The van der Waals surface area contributed by atoms with Crippen molar-refractivity contribution in [2.45, 2.75) is 53.1 Å². The van der Waals surface area contributed by atoms with Crippen LogP contribution in [-0.2, 0) is 6.54 Å². The second-order valence-corrected chi connectivity index (χ2v) is 4.50. The summed E-state index contributed by atoms with van der Waals surface area (Å²) < 4.78 is 2.40. The number of nitrogens with zero attached hydrogens (tertiary/aromatic N) is 1. The highest BCUT2D eigenvalue weighted by Crippen LogP contribution is 2.25. The smallest absolute Gasteiger partial charge is 0.0279 e. The van der Waals surface area contributed by atoms with E-state index in [0.717, 1.165) is 0 Å². The number of aromatic nitrogens is 1. The number of hydrogen-bond acceptors (Lipinski definition) is 1. The largest absolute Gasteiger partial charge is 0.346 e. The molecule has 0 aliphatic heterocycles. The van der Waals surface area contributed by atoms with Crippen molar-refractivity contribution in [1.82, 2.24) is 4.57 Å². The van der Waals surface area contributed by atoms with Gasteiger partial charge < -0.3 is 10.3 Å². The monoisotopic (exact) mass is 194 g/mol. The molecule has 0 unspecified atom stereocenters. The fourth-order valence-electron chi connectivity index (χ4n) is 2.04. The maximum Gasteiger partial charge on any atom is 0.0279 e. The normalized spacial score (nSPS) is 11.7. The molecule has 0 aliphatic rings. The Morgan fingerprint density at radius 2 is 1.86 bits per heavy atom. The lowest BCUT2D eigenvalue weighted by atomic mass is 10.1. The molecule has 0 saturated carbocycles. The van der Waals surface area contributed by atoms with Gasteiger partial charge in [0, 0.05) is 24.0 Å². The summed E-state index contributed by atoms with van der Waals surface area (Å²) in [5, 5.41) is 0. The predicted octanol–water partition coefficient (Wildman–Crippen LogP) is 2.96. The average molecular weight is 194 g/mol. The molecule has 14 heavy (non-hydrogen) atoms. The first-order valence-corrected chi connectivity index (χ1v) is 5.39.